The van der Waals surface area contributed by atoms with E-state index >= 15 is 0 Å². The van der Waals surface area contributed by atoms with Crippen LogP contribution in [0.25, 0.3) is 0 Å². The molecule has 2 heterocycles. The summed E-state index contributed by atoms with van der Waals surface area (Å²) in [6.07, 6.45) is 2.26. The number of ether oxygens (including phenoxy) is 4. The van der Waals surface area contributed by atoms with E-state index in [2.05, 4.69) is 10.2 Å². The largest absolute Gasteiger partial charge is 0.493 e. The van der Waals surface area contributed by atoms with E-state index in [1.807, 2.05) is 17.0 Å². The van der Waals surface area contributed by atoms with Crippen LogP contribution in [0.5, 0.6) is 17.2 Å². The van der Waals surface area contributed by atoms with Gasteiger partial charge in [-0.3, -0.25) is 0 Å². The number of hydrogen-bond acceptors (Lipinski definition) is 6. The molecule has 1 unspecified atom stereocenters. The minimum atomic E-state index is -0.0185. The fourth-order valence-corrected chi connectivity index (χ4v) is 3.54. The van der Waals surface area contributed by atoms with Gasteiger partial charge in [-0.25, -0.2) is 4.79 Å². The molecule has 8 heteroatoms. The number of hydrogen-bond donors (Lipinski definition) is 1. The summed E-state index contributed by atoms with van der Waals surface area (Å²) in [4.78, 5) is 16.4. The molecule has 0 saturated carbocycles. The number of nitrogens with zero attached hydrogens (tertiary/aromatic N) is 2. The first-order valence-electron chi connectivity index (χ1n) is 9.35. The Morgan fingerprint density at radius 3 is 2.30 bits per heavy atom. The zero-order valence-corrected chi connectivity index (χ0v) is 16.3. The monoisotopic (exact) mass is 379 g/mol. The summed E-state index contributed by atoms with van der Waals surface area (Å²) >= 11 is 0. The first-order valence-corrected chi connectivity index (χ1v) is 9.35. The molecule has 2 aliphatic rings. The third kappa shape index (κ3) is 4.50. The Labute approximate surface area is 160 Å². The summed E-state index contributed by atoms with van der Waals surface area (Å²) in [6.45, 7) is 4.19. The normalized spacial score (nSPS) is 19.7. The summed E-state index contributed by atoms with van der Waals surface area (Å²) in [7, 11) is 4.81. The van der Waals surface area contributed by atoms with Gasteiger partial charge in [0.25, 0.3) is 0 Å². The van der Waals surface area contributed by atoms with Gasteiger partial charge in [0.05, 0.1) is 27.4 Å². The van der Waals surface area contributed by atoms with Crippen molar-refractivity contribution in [3.8, 4) is 17.2 Å². The average molecular weight is 379 g/mol. The van der Waals surface area contributed by atoms with Crippen molar-refractivity contribution in [2.24, 2.45) is 0 Å². The first-order chi connectivity index (χ1) is 13.2. The third-order valence-electron chi connectivity index (χ3n) is 5.09. The Morgan fingerprint density at radius 2 is 1.78 bits per heavy atom. The third-order valence-corrected chi connectivity index (χ3v) is 5.09. The van der Waals surface area contributed by atoms with E-state index in [9.17, 15) is 4.79 Å². The van der Waals surface area contributed by atoms with Crippen LogP contribution in [0.2, 0.25) is 0 Å². The van der Waals surface area contributed by atoms with Gasteiger partial charge in [0.2, 0.25) is 5.75 Å². The molecule has 1 N–H and O–H groups in total. The van der Waals surface area contributed by atoms with Crippen molar-refractivity contribution in [2.75, 3.05) is 65.6 Å². The lowest BCUT2D eigenvalue weighted by Crippen LogP contribution is -2.52. The van der Waals surface area contributed by atoms with Crippen LogP contribution in [0.15, 0.2) is 12.1 Å². The van der Waals surface area contributed by atoms with Crippen LogP contribution in [-0.2, 0) is 4.74 Å². The first kappa shape index (κ1) is 19.4. The number of amides is 2. The molecule has 2 aliphatic heterocycles. The standard InChI is InChI=1S/C19H29N3O5/c1-24-16-11-14(12-17(25-2)18(16)26-3)21-6-8-22(9-7-21)19(23)20-13-15-5-4-10-27-15/h11-12,15H,4-10,13H2,1-3H3,(H,20,23). The van der Waals surface area contributed by atoms with Gasteiger partial charge in [0, 0.05) is 57.2 Å². The summed E-state index contributed by atoms with van der Waals surface area (Å²) in [5.74, 6) is 1.84. The second-order valence-electron chi connectivity index (χ2n) is 6.68. The molecule has 2 saturated heterocycles. The zero-order valence-electron chi connectivity index (χ0n) is 16.3. The van der Waals surface area contributed by atoms with Crippen molar-refractivity contribution in [1.29, 1.82) is 0 Å². The van der Waals surface area contributed by atoms with Crippen molar-refractivity contribution in [2.45, 2.75) is 18.9 Å². The van der Waals surface area contributed by atoms with Crippen LogP contribution in [0.4, 0.5) is 10.5 Å². The second-order valence-corrected chi connectivity index (χ2v) is 6.68. The highest BCUT2D eigenvalue weighted by Gasteiger charge is 2.24. The molecule has 2 fully saturated rings. The SMILES string of the molecule is COc1cc(N2CCN(C(=O)NCC3CCCO3)CC2)cc(OC)c1OC. The molecule has 1 aromatic rings. The summed E-state index contributed by atoms with van der Waals surface area (Å²) in [5.41, 5.74) is 0.990. The minimum absolute atomic E-state index is 0.0185. The fourth-order valence-electron chi connectivity index (χ4n) is 3.54. The summed E-state index contributed by atoms with van der Waals surface area (Å²) in [5, 5.41) is 2.99. The molecule has 0 bridgehead atoms. The Hall–Kier alpha value is -2.35. The highest BCUT2D eigenvalue weighted by Crippen LogP contribution is 2.41. The van der Waals surface area contributed by atoms with Crippen molar-refractivity contribution >= 4 is 11.7 Å². The van der Waals surface area contributed by atoms with Gasteiger partial charge in [-0.2, -0.15) is 0 Å². The maximum Gasteiger partial charge on any atom is 0.317 e. The maximum absolute atomic E-state index is 12.4. The van der Waals surface area contributed by atoms with Gasteiger partial charge in [0.15, 0.2) is 11.5 Å². The molecule has 0 radical (unpaired) electrons. The number of anilines is 1. The van der Waals surface area contributed by atoms with Gasteiger partial charge < -0.3 is 34.1 Å². The average Bonchev–Trinajstić information content (AvgIpc) is 3.24. The van der Waals surface area contributed by atoms with Gasteiger partial charge in [-0.1, -0.05) is 0 Å². The number of carbonyl (C=O) groups excluding carboxylic acids is 1. The quantitative estimate of drug-likeness (QED) is 0.812. The molecular formula is C19H29N3O5. The molecule has 2 amide bonds. The molecule has 1 aromatic carbocycles. The molecule has 0 aliphatic carbocycles. The lowest BCUT2D eigenvalue weighted by atomic mass is 10.2. The van der Waals surface area contributed by atoms with Crippen molar-refractivity contribution in [3.05, 3.63) is 12.1 Å². The number of urea groups is 1. The molecule has 0 aromatic heterocycles. The molecule has 150 valence electrons. The van der Waals surface area contributed by atoms with E-state index in [0.717, 1.165) is 38.2 Å². The topological polar surface area (TPSA) is 72.5 Å². The lowest BCUT2D eigenvalue weighted by molar-refractivity contribution is 0.108. The van der Waals surface area contributed by atoms with Gasteiger partial charge in [-0.05, 0) is 12.8 Å². The van der Waals surface area contributed by atoms with Crippen molar-refractivity contribution in [3.63, 3.8) is 0 Å². The number of methoxy groups -OCH3 is 3. The molecule has 27 heavy (non-hydrogen) atoms. The van der Waals surface area contributed by atoms with Gasteiger partial charge >= 0.3 is 6.03 Å². The highest BCUT2D eigenvalue weighted by molar-refractivity contribution is 5.74. The van der Waals surface area contributed by atoms with E-state index in [4.69, 9.17) is 18.9 Å². The van der Waals surface area contributed by atoms with Gasteiger partial charge in [0.1, 0.15) is 0 Å². The summed E-state index contributed by atoms with van der Waals surface area (Å²) < 4.78 is 21.8. The fraction of sp³-hybridized carbons (Fsp3) is 0.632. The number of rotatable bonds is 6. The van der Waals surface area contributed by atoms with Crippen molar-refractivity contribution in [1.82, 2.24) is 10.2 Å². The smallest absolute Gasteiger partial charge is 0.317 e. The zero-order chi connectivity index (χ0) is 19.2. The van der Waals surface area contributed by atoms with Crippen LogP contribution in [-0.4, -0.2) is 77.7 Å². The number of piperazine rings is 1. The second kappa shape index (κ2) is 9.03. The predicted molar refractivity (Wildman–Crippen MR) is 102 cm³/mol. The lowest BCUT2D eigenvalue weighted by Gasteiger charge is -2.36. The Balaban J connectivity index is 1.57. The van der Waals surface area contributed by atoms with Crippen LogP contribution in [0, 0.1) is 0 Å². The van der Waals surface area contributed by atoms with Crippen LogP contribution < -0.4 is 24.4 Å². The molecular weight excluding hydrogens is 350 g/mol. The number of carbonyl (C=O) groups is 1. The van der Waals surface area contributed by atoms with Crippen LogP contribution in [0.1, 0.15) is 12.8 Å². The molecule has 0 spiro atoms. The summed E-state index contributed by atoms with van der Waals surface area (Å²) in [6, 6.07) is 3.86. The van der Waals surface area contributed by atoms with Crippen molar-refractivity contribution < 1.29 is 23.7 Å². The molecule has 1 atom stereocenters. The molecule has 8 nitrogen and oxygen atoms in total. The van der Waals surface area contributed by atoms with E-state index in [1.165, 1.54) is 0 Å². The minimum Gasteiger partial charge on any atom is -0.493 e. The number of nitrogens with one attached hydrogen (secondary N) is 1. The van der Waals surface area contributed by atoms with Crippen LogP contribution >= 0.6 is 0 Å². The van der Waals surface area contributed by atoms with E-state index in [0.29, 0.717) is 36.9 Å². The maximum atomic E-state index is 12.4. The molecule has 3 rings (SSSR count). The van der Waals surface area contributed by atoms with E-state index in [-0.39, 0.29) is 12.1 Å². The number of benzene rings is 1. The predicted octanol–water partition coefficient (Wildman–Crippen LogP) is 1.72. The van der Waals surface area contributed by atoms with E-state index < -0.39 is 0 Å². The Bertz CT molecular complexity index is 615. The highest BCUT2D eigenvalue weighted by atomic mass is 16.5. The van der Waals surface area contributed by atoms with E-state index in [1.54, 1.807) is 21.3 Å². The van der Waals surface area contributed by atoms with Crippen LogP contribution in [0.3, 0.4) is 0 Å². The van der Waals surface area contributed by atoms with Gasteiger partial charge in [-0.15, -0.1) is 0 Å². The Morgan fingerprint density at radius 1 is 1.11 bits per heavy atom. The Kier molecular flexibility index (Phi) is 6.49.